The molecule has 0 aliphatic heterocycles. The van der Waals surface area contributed by atoms with Crippen LogP contribution >= 0.6 is 0 Å². The number of nitriles is 1. The minimum atomic E-state index is -0.494. The Morgan fingerprint density at radius 3 is 2.84 bits per heavy atom. The summed E-state index contributed by atoms with van der Waals surface area (Å²) in [5.41, 5.74) is 0.140. The summed E-state index contributed by atoms with van der Waals surface area (Å²) < 4.78 is 16.2. The maximum Gasteiger partial charge on any atom is 0.364 e. The third kappa shape index (κ3) is 3.42. The molecule has 9 heteroatoms. The van der Waals surface area contributed by atoms with E-state index in [9.17, 15) is 14.0 Å². The van der Waals surface area contributed by atoms with Crippen LogP contribution in [0.2, 0.25) is 0 Å². The number of tetrazole rings is 1. The lowest BCUT2D eigenvalue weighted by atomic mass is 9.93. The molecule has 0 atom stereocenters. The van der Waals surface area contributed by atoms with Crippen molar-refractivity contribution in [1.29, 1.82) is 5.26 Å². The van der Waals surface area contributed by atoms with Gasteiger partial charge >= 0.3 is 5.69 Å². The maximum absolute atomic E-state index is 13.8. The third-order valence-electron chi connectivity index (χ3n) is 4.37. The van der Waals surface area contributed by atoms with Crippen molar-refractivity contribution in [3.63, 3.8) is 0 Å². The molecule has 1 saturated carbocycles. The summed E-state index contributed by atoms with van der Waals surface area (Å²) in [4.78, 5) is 25.8. The number of amides is 1. The van der Waals surface area contributed by atoms with Crippen molar-refractivity contribution in [2.45, 2.75) is 38.4 Å². The monoisotopic (exact) mass is 344 g/mol. The third-order valence-corrected chi connectivity index (χ3v) is 4.37. The molecule has 0 radical (unpaired) electrons. The Hall–Kier alpha value is -3.02. The van der Waals surface area contributed by atoms with Crippen molar-refractivity contribution < 1.29 is 9.18 Å². The van der Waals surface area contributed by atoms with Gasteiger partial charge in [-0.15, -0.1) is 0 Å². The number of carbonyl (C=O) groups excluding carboxylic acids is 1. The van der Waals surface area contributed by atoms with Crippen molar-refractivity contribution in [1.82, 2.24) is 24.7 Å². The van der Waals surface area contributed by atoms with Crippen LogP contribution in [0.25, 0.3) is 0 Å². The van der Waals surface area contributed by atoms with Gasteiger partial charge in [-0.1, -0.05) is 0 Å². The van der Waals surface area contributed by atoms with Gasteiger partial charge in [-0.3, -0.25) is 4.79 Å². The average molecular weight is 344 g/mol. The number of hydrogen-bond donors (Lipinski definition) is 0. The van der Waals surface area contributed by atoms with Gasteiger partial charge in [-0.05, 0) is 47.9 Å². The van der Waals surface area contributed by atoms with Crippen molar-refractivity contribution in [3.05, 3.63) is 45.6 Å². The minimum Gasteiger partial charge on any atom is -0.340 e. The van der Waals surface area contributed by atoms with Crippen LogP contribution < -0.4 is 5.69 Å². The molecule has 1 fully saturated rings. The second-order valence-electron chi connectivity index (χ2n) is 6.12. The normalized spacial score (nSPS) is 14.0. The molecule has 2 aromatic rings. The quantitative estimate of drug-likeness (QED) is 0.800. The largest absolute Gasteiger partial charge is 0.364 e. The molecule has 1 aromatic heterocycles. The predicted octanol–water partition coefficient (Wildman–Crippen LogP) is 0.834. The Kier molecular flexibility index (Phi) is 4.61. The van der Waals surface area contributed by atoms with E-state index < -0.39 is 17.4 Å². The number of halogens is 1. The standard InChI is InChI=1S/C16H17FN6O2/c1-21(9-12-7-11(8-18)5-6-14(12)17)15(24)10-22-16(25)23(20-19-22)13-3-2-4-13/h5-7,13H,2-4,9-10H2,1H3. The first-order chi connectivity index (χ1) is 12.0. The van der Waals surface area contributed by atoms with Crippen LogP contribution in [-0.4, -0.2) is 37.6 Å². The number of hydrogen-bond acceptors (Lipinski definition) is 5. The van der Waals surface area contributed by atoms with Crippen LogP contribution in [-0.2, 0) is 17.9 Å². The van der Waals surface area contributed by atoms with Gasteiger partial charge in [0.25, 0.3) is 0 Å². The molecular weight excluding hydrogens is 327 g/mol. The molecule has 0 N–H and O–H groups in total. The van der Waals surface area contributed by atoms with Crippen molar-refractivity contribution in [3.8, 4) is 6.07 Å². The van der Waals surface area contributed by atoms with Gasteiger partial charge in [-0.2, -0.15) is 14.6 Å². The highest BCUT2D eigenvalue weighted by molar-refractivity contribution is 5.75. The molecule has 0 spiro atoms. The molecular formula is C16H17FN6O2. The van der Waals surface area contributed by atoms with Gasteiger partial charge in [-0.25, -0.2) is 9.18 Å². The van der Waals surface area contributed by atoms with Gasteiger partial charge in [0.05, 0.1) is 17.7 Å². The summed E-state index contributed by atoms with van der Waals surface area (Å²) in [6, 6.07) is 5.97. The van der Waals surface area contributed by atoms with Crippen LogP contribution in [0.1, 0.15) is 36.4 Å². The second-order valence-corrected chi connectivity index (χ2v) is 6.12. The van der Waals surface area contributed by atoms with E-state index >= 15 is 0 Å². The summed E-state index contributed by atoms with van der Waals surface area (Å²) in [5, 5.41) is 16.5. The van der Waals surface area contributed by atoms with Gasteiger partial charge in [0.15, 0.2) is 0 Å². The molecule has 8 nitrogen and oxygen atoms in total. The molecule has 0 bridgehead atoms. The van der Waals surface area contributed by atoms with Crippen LogP contribution in [0.3, 0.4) is 0 Å². The molecule has 1 heterocycles. The zero-order valence-electron chi connectivity index (χ0n) is 13.7. The van der Waals surface area contributed by atoms with E-state index in [0.717, 1.165) is 23.9 Å². The van der Waals surface area contributed by atoms with Gasteiger partial charge in [0.2, 0.25) is 5.91 Å². The molecule has 1 amide bonds. The van der Waals surface area contributed by atoms with Gasteiger partial charge in [0, 0.05) is 19.2 Å². The molecule has 3 rings (SSSR count). The van der Waals surface area contributed by atoms with E-state index in [1.807, 2.05) is 6.07 Å². The van der Waals surface area contributed by atoms with E-state index in [0.29, 0.717) is 5.56 Å². The summed E-state index contributed by atoms with van der Waals surface area (Å²) in [5.74, 6) is -0.892. The highest BCUT2D eigenvalue weighted by atomic mass is 19.1. The minimum absolute atomic E-state index is 0.00823. The number of benzene rings is 1. The lowest BCUT2D eigenvalue weighted by molar-refractivity contribution is -0.131. The Balaban J connectivity index is 1.68. The first-order valence-corrected chi connectivity index (χ1v) is 7.94. The van der Waals surface area contributed by atoms with Crippen LogP contribution in [0.4, 0.5) is 4.39 Å². The highest BCUT2D eigenvalue weighted by Gasteiger charge is 2.24. The number of rotatable bonds is 5. The predicted molar refractivity (Wildman–Crippen MR) is 84.8 cm³/mol. The van der Waals surface area contributed by atoms with E-state index in [2.05, 4.69) is 10.4 Å². The Morgan fingerprint density at radius 2 is 2.20 bits per heavy atom. The summed E-state index contributed by atoms with van der Waals surface area (Å²) in [6.45, 7) is -0.271. The Morgan fingerprint density at radius 1 is 1.44 bits per heavy atom. The van der Waals surface area contributed by atoms with E-state index in [-0.39, 0.29) is 24.7 Å². The number of nitrogens with zero attached hydrogens (tertiary/aromatic N) is 6. The zero-order valence-corrected chi connectivity index (χ0v) is 13.7. The molecule has 0 unspecified atom stereocenters. The summed E-state index contributed by atoms with van der Waals surface area (Å²) in [7, 11) is 1.50. The molecule has 1 aliphatic carbocycles. The van der Waals surface area contributed by atoms with Crippen LogP contribution in [0.15, 0.2) is 23.0 Å². The molecule has 130 valence electrons. The number of aromatic nitrogens is 4. The molecule has 1 aliphatic rings. The van der Waals surface area contributed by atoms with Gasteiger partial charge < -0.3 is 4.90 Å². The van der Waals surface area contributed by atoms with Crippen molar-refractivity contribution >= 4 is 5.91 Å². The Labute approximate surface area is 143 Å². The van der Waals surface area contributed by atoms with E-state index in [4.69, 9.17) is 5.26 Å². The fourth-order valence-corrected chi connectivity index (χ4v) is 2.60. The zero-order chi connectivity index (χ0) is 18.0. The lowest BCUT2D eigenvalue weighted by Crippen LogP contribution is -2.36. The highest BCUT2D eigenvalue weighted by Crippen LogP contribution is 2.28. The average Bonchev–Trinajstić information content (AvgIpc) is 2.89. The first-order valence-electron chi connectivity index (χ1n) is 7.94. The topological polar surface area (TPSA) is 96.8 Å². The van der Waals surface area contributed by atoms with Crippen LogP contribution in [0, 0.1) is 17.1 Å². The first kappa shape index (κ1) is 16.8. The van der Waals surface area contributed by atoms with Crippen LogP contribution in [0.5, 0.6) is 0 Å². The van der Waals surface area contributed by atoms with Crippen molar-refractivity contribution in [2.75, 3.05) is 7.05 Å². The molecule has 25 heavy (non-hydrogen) atoms. The molecule has 0 saturated heterocycles. The molecule has 1 aromatic carbocycles. The SMILES string of the molecule is CN(Cc1cc(C#N)ccc1F)C(=O)Cn1nnn(C2CCC2)c1=O. The Bertz CT molecular complexity index is 893. The smallest absolute Gasteiger partial charge is 0.340 e. The fourth-order valence-electron chi connectivity index (χ4n) is 2.60. The lowest BCUT2D eigenvalue weighted by Gasteiger charge is -2.23. The maximum atomic E-state index is 13.8. The number of likely N-dealkylation sites (N-methyl/N-ethyl adjacent to an activating group) is 1. The second kappa shape index (κ2) is 6.84. The summed E-state index contributed by atoms with van der Waals surface area (Å²) >= 11 is 0. The van der Waals surface area contributed by atoms with Crippen molar-refractivity contribution in [2.24, 2.45) is 0 Å². The van der Waals surface area contributed by atoms with Gasteiger partial charge in [0.1, 0.15) is 12.4 Å². The summed E-state index contributed by atoms with van der Waals surface area (Å²) in [6.07, 6.45) is 2.83. The number of carbonyl (C=O) groups is 1. The van der Waals surface area contributed by atoms with E-state index in [1.165, 1.54) is 34.8 Å². The fraction of sp³-hybridized carbons (Fsp3) is 0.438. The van der Waals surface area contributed by atoms with E-state index in [1.54, 1.807) is 0 Å².